The van der Waals surface area contributed by atoms with E-state index in [4.69, 9.17) is 10.5 Å². The summed E-state index contributed by atoms with van der Waals surface area (Å²) in [6, 6.07) is 8.04. The van der Waals surface area contributed by atoms with Crippen molar-refractivity contribution in [3.63, 3.8) is 0 Å². The Kier molecular flexibility index (Phi) is 2.86. The highest BCUT2D eigenvalue weighted by Gasteiger charge is 2.45. The van der Waals surface area contributed by atoms with E-state index in [-0.39, 0.29) is 5.54 Å². The Hall–Kier alpha value is -1.36. The molecule has 5 heteroatoms. The van der Waals surface area contributed by atoms with Crippen molar-refractivity contribution in [3.05, 3.63) is 24.3 Å². The molecular formula is C13H17N3OS. The molecule has 18 heavy (non-hydrogen) atoms. The molecule has 0 radical (unpaired) electrons. The van der Waals surface area contributed by atoms with E-state index in [2.05, 4.69) is 16.0 Å². The monoisotopic (exact) mass is 263 g/mol. The molecule has 1 aromatic rings. The first kappa shape index (κ1) is 11.7. The number of hydrogen-bond acceptors (Lipinski definition) is 5. The standard InChI is InChI=1S/C13H17N3OS/c1-17-11-4-2-3-10(7-11)16-12(14)15-8-13(16)5-6-18-9-13/h2-4,7H,5-6,8-9H2,1H3,(H2,14,15). The summed E-state index contributed by atoms with van der Waals surface area (Å²) in [6.07, 6.45) is 1.14. The number of nitrogens with two attached hydrogens (primary N) is 1. The molecule has 0 bridgehead atoms. The molecule has 4 nitrogen and oxygen atoms in total. The van der Waals surface area contributed by atoms with Crippen LogP contribution in [0.25, 0.3) is 0 Å². The lowest BCUT2D eigenvalue weighted by atomic mass is 9.97. The Bertz CT molecular complexity index is 483. The second kappa shape index (κ2) is 4.39. The average Bonchev–Trinajstić information content (AvgIpc) is 2.99. The van der Waals surface area contributed by atoms with Gasteiger partial charge in [-0.05, 0) is 24.3 Å². The summed E-state index contributed by atoms with van der Waals surface area (Å²) >= 11 is 1.98. The van der Waals surface area contributed by atoms with E-state index < -0.39 is 0 Å². The largest absolute Gasteiger partial charge is 0.497 e. The number of guanidine groups is 1. The average molecular weight is 263 g/mol. The van der Waals surface area contributed by atoms with Crippen LogP contribution in [0.5, 0.6) is 5.75 Å². The van der Waals surface area contributed by atoms with Crippen molar-refractivity contribution in [2.24, 2.45) is 10.7 Å². The third kappa shape index (κ3) is 1.73. The SMILES string of the molecule is COc1cccc(N2C(N)=NCC23CCSC3)c1. The van der Waals surface area contributed by atoms with Crippen LogP contribution >= 0.6 is 11.8 Å². The van der Waals surface area contributed by atoms with Crippen LogP contribution in [0.2, 0.25) is 0 Å². The third-order valence-electron chi connectivity index (χ3n) is 3.63. The molecule has 1 aromatic carbocycles. The second-order valence-electron chi connectivity index (χ2n) is 4.74. The van der Waals surface area contributed by atoms with Gasteiger partial charge in [-0.2, -0.15) is 11.8 Å². The molecule has 1 spiro atoms. The number of rotatable bonds is 2. The maximum atomic E-state index is 6.08. The number of thioether (sulfide) groups is 1. The molecule has 0 amide bonds. The van der Waals surface area contributed by atoms with Crippen molar-refractivity contribution in [1.29, 1.82) is 0 Å². The Morgan fingerprint density at radius 1 is 1.50 bits per heavy atom. The zero-order valence-electron chi connectivity index (χ0n) is 10.4. The first-order valence-corrected chi connectivity index (χ1v) is 7.23. The number of methoxy groups -OCH3 is 1. The van der Waals surface area contributed by atoms with E-state index >= 15 is 0 Å². The number of nitrogens with zero attached hydrogens (tertiary/aromatic N) is 2. The topological polar surface area (TPSA) is 50.9 Å². The Morgan fingerprint density at radius 2 is 2.39 bits per heavy atom. The van der Waals surface area contributed by atoms with Gasteiger partial charge < -0.3 is 15.4 Å². The summed E-state index contributed by atoms with van der Waals surface area (Å²) in [4.78, 5) is 6.64. The summed E-state index contributed by atoms with van der Waals surface area (Å²) in [6.45, 7) is 0.809. The third-order valence-corrected chi connectivity index (χ3v) is 4.87. The van der Waals surface area contributed by atoms with E-state index in [0.29, 0.717) is 5.96 Å². The van der Waals surface area contributed by atoms with Gasteiger partial charge in [0, 0.05) is 17.5 Å². The van der Waals surface area contributed by atoms with Crippen molar-refractivity contribution in [2.75, 3.05) is 30.1 Å². The Labute approximate surface area is 111 Å². The highest BCUT2D eigenvalue weighted by atomic mass is 32.2. The van der Waals surface area contributed by atoms with E-state index in [1.807, 2.05) is 30.0 Å². The van der Waals surface area contributed by atoms with E-state index in [1.54, 1.807) is 7.11 Å². The van der Waals surface area contributed by atoms with Crippen LogP contribution < -0.4 is 15.4 Å². The van der Waals surface area contributed by atoms with Gasteiger partial charge in [-0.25, -0.2) is 0 Å². The molecule has 1 unspecified atom stereocenters. The fourth-order valence-electron chi connectivity index (χ4n) is 2.67. The quantitative estimate of drug-likeness (QED) is 0.882. The van der Waals surface area contributed by atoms with Crippen LogP contribution in [0.15, 0.2) is 29.3 Å². The fourth-order valence-corrected chi connectivity index (χ4v) is 4.08. The Balaban J connectivity index is 1.99. The van der Waals surface area contributed by atoms with Gasteiger partial charge in [0.15, 0.2) is 5.96 Å². The molecule has 2 N–H and O–H groups in total. The molecular weight excluding hydrogens is 246 g/mol. The maximum Gasteiger partial charge on any atom is 0.196 e. The number of benzene rings is 1. The lowest BCUT2D eigenvalue weighted by Crippen LogP contribution is -2.52. The van der Waals surface area contributed by atoms with Gasteiger partial charge in [0.1, 0.15) is 5.75 Å². The van der Waals surface area contributed by atoms with Crippen LogP contribution in [0.3, 0.4) is 0 Å². The minimum absolute atomic E-state index is 0.0844. The number of anilines is 1. The predicted molar refractivity (Wildman–Crippen MR) is 76.6 cm³/mol. The smallest absolute Gasteiger partial charge is 0.196 e. The summed E-state index contributed by atoms with van der Waals surface area (Å²) in [5.41, 5.74) is 7.25. The molecule has 1 atom stereocenters. The zero-order valence-corrected chi connectivity index (χ0v) is 11.2. The van der Waals surface area contributed by atoms with E-state index in [0.717, 1.165) is 30.2 Å². The summed E-state index contributed by atoms with van der Waals surface area (Å²) in [5.74, 6) is 3.76. The second-order valence-corrected chi connectivity index (χ2v) is 5.84. The lowest BCUT2D eigenvalue weighted by molar-refractivity contribution is 0.414. The first-order valence-electron chi connectivity index (χ1n) is 6.07. The molecule has 0 saturated carbocycles. The van der Waals surface area contributed by atoms with Crippen LogP contribution in [0.1, 0.15) is 6.42 Å². The van der Waals surface area contributed by atoms with Crippen LogP contribution in [0, 0.1) is 0 Å². The molecule has 96 valence electrons. The highest BCUT2D eigenvalue weighted by molar-refractivity contribution is 7.99. The number of aliphatic imine (C=N–C) groups is 1. The minimum atomic E-state index is 0.0844. The molecule has 1 saturated heterocycles. The van der Waals surface area contributed by atoms with Crippen molar-refractivity contribution in [2.45, 2.75) is 12.0 Å². The van der Waals surface area contributed by atoms with Crippen molar-refractivity contribution in [1.82, 2.24) is 0 Å². The van der Waals surface area contributed by atoms with Crippen LogP contribution in [-0.2, 0) is 0 Å². The van der Waals surface area contributed by atoms with E-state index in [9.17, 15) is 0 Å². The van der Waals surface area contributed by atoms with Gasteiger partial charge in [0.2, 0.25) is 0 Å². The van der Waals surface area contributed by atoms with Crippen LogP contribution in [0.4, 0.5) is 5.69 Å². The molecule has 2 heterocycles. The summed E-state index contributed by atoms with van der Waals surface area (Å²) in [7, 11) is 1.68. The summed E-state index contributed by atoms with van der Waals surface area (Å²) in [5, 5.41) is 0. The van der Waals surface area contributed by atoms with Crippen molar-refractivity contribution >= 4 is 23.4 Å². The van der Waals surface area contributed by atoms with Gasteiger partial charge in [-0.1, -0.05) is 6.07 Å². The van der Waals surface area contributed by atoms with Crippen molar-refractivity contribution in [3.8, 4) is 5.75 Å². The Morgan fingerprint density at radius 3 is 3.11 bits per heavy atom. The van der Waals surface area contributed by atoms with Crippen LogP contribution in [-0.4, -0.2) is 36.7 Å². The first-order chi connectivity index (χ1) is 8.75. The molecule has 1 fully saturated rings. The molecule has 0 aromatic heterocycles. The fraction of sp³-hybridized carbons (Fsp3) is 0.462. The van der Waals surface area contributed by atoms with Gasteiger partial charge in [0.25, 0.3) is 0 Å². The molecule has 2 aliphatic rings. The number of ether oxygens (including phenoxy) is 1. The zero-order chi connectivity index (χ0) is 12.6. The predicted octanol–water partition coefficient (Wildman–Crippen LogP) is 1.71. The highest BCUT2D eigenvalue weighted by Crippen LogP contribution is 2.40. The van der Waals surface area contributed by atoms with Crippen molar-refractivity contribution < 1.29 is 4.74 Å². The summed E-state index contributed by atoms with van der Waals surface area (Å²) < 4.78 is 5.29. The van der Waals surface area contributed by atoms with Gasteiger partial charge in [-0.15, -0.1) is 0 Å². The van der Waals surface area contributed by atoms with Gasteiger partial charge >= 0.3 is 0 Å². The molecule has 2 aliphatic heterocycles. The molecule has 3 rings (SSSR count). The minimum Gasteiger partial charge on any atom is -0.497 e. The number of hydrogen-bond donors (Lipinski definition) is 1. The lowest BCUT2D eigenvalue weighted by Gasteiger charge is -2.35. The normalized spacial score (nSPS) is 26.7. The van der Waals surface area contributed by atoms with Gasteiger partial charge in [-0.3, -0.25) is 4.99 Å². The van der Waals surface area contributed by atoms with Gasteiger partial charge in [0.05, 0.1) is 19.2 Å². The molecule has 0 aliphatic carbocycles. The maximum absolute atomic E-state index is 6.08. The van der Waals surface area contributed by atoms with E-state index in [1.165, 1.54) is 5.75 Å².